The van der Waals surface area contributed by atoms with E-state index >= 15 is 0 Å². The van der Waals surface area contributed by atoms with Gasteiger partial charge in [-0.25, -0.2) is 0 Å². The molecule has 2 rings (SSSR count). The molecule has 2 N–H and O–H groups in total. The molecule has 1 aliphatic carbocycles. The van der Waals surface area contributed by atoms with Gasteiger partial charge in [0.15, 0.2) is 0 Å². The second kappa shape index (κ2) is 6.60. The topological polar surface area (TPSA) is 49.3 Å². The number of aliphatic hydroxyl groups excluding tert-OH is 1. The quantitative estimate of drug-likeness (QED) is 0.822. The predicted octanol–water partition coefficient (Wildman–Crippen LogP) is 3.42. The number of aliphatic hydroxyl groups is 1. The lowest BCUT2D eigenvalue weighted by Crippen LogP contribution is -2.42. The molecule has 0 aliphatic heterocycles. The van der Waals surface area contributed by atoms with Crippen LogP contribution in [-0.2, 0) is 0 Å². The number of carbonyl (C=O) groups is 1. The van der Waals surface area contributed by atoms with Crippen LogP contribution in [0.15, 0.2) is 18.2 Å². The summed E-state index contributed by atoms with van der Waals surface area (Å²) >= 11 is 11.8. The summed E-state index contributed by atoms with van der Waals surface area (Å²) in [6, 6.07) is 4.55. The van der Waals surface area contributed by atoms with Gasteiger partial charge in [-0.1, -0.05) is 42.5 Å². The average molecular weight is 302 g/mol. The number of carbonyl (C=O) groups excluding carboxylic acids is 1. The highest BCUT2D eigenvalue weighted by atomic mass is 35.5. The Kier molecular flexibility index (Phi) is 5.08. The van der Waals surface area contributed by atoms with Gasteiger partial charge in [-0.3, -0.25) is 4.79 Å². The smallest absolute Gasteiger partial charge is 0.251 e. The Morgan fingerprint density at radius 2 is 1.74 bits per heavy atom. The molecule has 1 aliphatic rings. The normalized spacial score (nSPS) is 23.7. The molecule has 5 heteroatoms. The first-order valence-electron chi connectivity index (χ1n) is 6.51. The van der Waals surface area contributed by atoms with Gasteiger partial charge in [0.25, 0.3) is 5.91 Å². The largest absolute Gasteiger partial charge is 0.391 e. The third kappa shape index (κ3) is 4.10. The van der Waals surface area contributed by atoms with E-state index in [1.54, 1.807) is 18.2 Å². The Hall–Kier alpha value is -0.770. The summed E-state index contributed by atoms with van der Waals surface area (Å²) in [5, 5.41) is 13.7. The van der Waals surface area contributed by atoms with Crippen LogP contribution in [0.25, 0.3) is 0 Å². The summed E-state index contributed by atoms with van der Waals surface area (Å²) in [5.41, 5.74) is 0.425. The number of hydrogen-bond acceptors (Lipinski definition) is 2. The Balaban J connectivity index is 2.07. The zero-order valence-corrected chi connectivity index (χ0v) is 12.0. The molecule has 2 atom stereocenters. The van der Waals surface area contributed by atoms with Crippen molar-refractivity contribution < 1.29 is 9.90 Å². The van der Waals surface area contributed by atoms with Crippen LogP contribution >= 0.6 is 23.2 Å². The van der Waals surface area contributed by atoms with Crippen molar-refractivity contribution in [3.63, 3.8) is 0 Å². The Morgan fingerprint density at radius 1 is 1.11 bits per heavy atom. The Bertz CT molecular complexity index is 445. The molecule has 104 valence electrons. The molecule has 0 saturated heterocycles. The van der Waals surface area contributed by atoms with Gasteiger partial charge in [-0.15, -0.1) is 0 Å². The number of halogens is 2. The lowest BCUT2D eigenvalue weighted by Gasteiger charge is -2.21. The van der Waals surface area contributed by atoms with E-state index in [4.69, 9.17) is 23.2 Å². The molecule has 1 amide bonds. The standard InChI is InChI=1S/C14H17Cl2NO2/c15-10-6-9(7-11(16)8-10)14(19)17-12-4-2-1-3-5-13(12)18/h6-8,12-13,18H,1-5H2,(H,17,19). The van der Waals surface area contributed by atoms with Crippen molar-refractivity contribution in [2.24, 2.45) is 0 Å². The minimum absolute atomic E-state index is 0.187. The molecular formula is C14H17Cl2NO2. The van der Waals surface area contributed by atoms with Gasteiger partial charge in [-0.05, 0) is 31.0 Å². The molecule has 0 bridgehead atoms. The van der Waals surface area contributed by atoms with Crippen LogP contribution in [0.2, 0.25) is 10.0 Å². The first-order valence-corrected chi connectivity index (χ1v) is 7.27. The summed E-state index contributed by atoms with van der Waals surface area (Å²) in [6.07, 6.45) is 4.21. The molecule has 0 heterocycles. The first-order chi connectivity index (χ1) is 9.06. The Morgan fingerprint density at radius 3 is 2.42 bits per heavy atom. The van der Waals surface area contributed by atoms with E-state index in [1.165, 1.54) is 0 Å². The number of amides is 1. The summed E-state index contributed by atoms with van der Waals surface area (Å²) in [7, 11) is 0. The minimum atomic E-state index is -0.471. The van der Waals surface area contributed by atoms with Crippen molar-refractivity contribution in [3.8, 4) is 0 Å². The highest BCUT2D eigenvalue weighted by molar-refractivity contribution is 6.35. The highest BCUT2D eigenvalue weighted by Gasteiger charge is 2.23. The predicted molar refractivity (Wildman–Crippen MR) is 76.8 cm³/mol. The van der Waals surface area contributed by atoms with Crippen molar-refractivity contribution in [2.45, 2.75) is 44.2 Å². The van der Waals surface area contributed by atoms with Crippen LogP contribution < -0.4 is 5.32 Å². The van der Waals surface area contributed by atoms with Crippen LogP contribution in [0.3, 0.4) is 0 Å². The maximum atomic E-state index is 12.1. The van der Waals surface area contributed by atoms with Gasteiger partial charge in [-0.2, -0.15) is 0 Å². The third-order valence-corrected chi connectivity index (χ3v) is 3.86. The average Bonchev–Trinajstić information content (AvgIpc) is 2.54. The molecule has 0 radical (unpaired) electrons. The molecule has 1 aromatic rings. The SMILES string of the molecule is O=C(NC1CCCCCC1O)c1cc(Cl)cc(Cl)c1. The minimum Gasteiger partial charge on any atom is -0.391 e. The van der Waals surface area contributed by atoms with Crippen molar-refractivity contribution in [1.29, 1.82) is 0 Å². The molecular weight excluding hydrogens is 285 g/mol. The molecule has 0 spiro atoms. The number of benzene rings is 1. The zero-order chi connectivity index (χ0) is 13.8. The third-order valence-electron chi connectivity index (χ3n) is 3.42. The van der Waals surface area contributed by atoms with E-state index in [1.807, 2.05) is 0 Å². The fourth-order valence-corrected chi connectivity index (χ4v) is 2.92. The summed E-state index contributed by atoms with van der Waals surface area (Å²) in [4.78, 5) is 12.1. The highest BCUT2D eigenvalue weighted by Crippen LogP contribution is 2.21. The van der Waals surface area contributed by atoms with E-state index in [9.17, 15) is 9.90 Å². The van der Waals surface area contributed by atoms with Gasteiger partial charge >= 0.3 is 0 Å². The molecule has 0 aromatic heterocycles. The van der Waals surface area contributed by atoms with Crippen LogP contribution in [0, 0.1) is 0 Å². The molecule has 2 unspecified atom stereocenters. The van der Waals surface area contributed by atoms with Crippen LogP contribution in [-0.4, -0.2) is 23.2 Å². The van der Waals surface area contributed by atoms with Gasteiger partial charge in [0.1, 0.15) is 0 Å². The first kappa shape index (κ1) is 14.6. The van der Waals surface area contributed by atoms with Gasteiger partial charge in [0.05, 0.1) is 12.1 Å². The van der Waals surface area contributed by atoms with Gasteiger partial charge in [0, 0.05) is 15.6 Å². The van der Waals surface area contributed by atoms with E-state index in [0.29, 0.717) is 15.6 Å². The second-order valence-corrected chi connectivity index (χ2v) is 5.82. The number of hydrogen-bond donors (Lipinski definition) is 2. The maximum Gasteiger partial charge on any atom is 0.251 e. The fourth-order valence-electron chi connectivity index (χ4n) is 2.39. The number of rotatable bonds is 2. The van der Waals surface area contributed by atoms with Crippen LogP contribution in [0.5, 0.6) is 0 Å². The Labute approximate surface area is 122 Å². The van der Waals surface area contributed by atoms with Crippen molar-refractivity contribution in [1.82, 2.24) is 5.32 Å². The zero-order valence-electron chi connectivity index (χ0n) is 10.5. The summed E-state index contributed by atoms with van der Waals surface area (Å²) in [6.45, 7) is 0. The molecule has 1 saturated carbocycles. The fraction of sp³-hybridized carbons (Fsp3) is 0.500. The molecule has 19 heavy (non-hydrogen) atoms. The lowest BCUT2D eigenvalue weighted by molar-refractivity contribution is 0.0819. The van der Waals surface area contributed by atoms with E-state index in [-0.39, 0.29) is 11.9 Å². The molecule has 1 aromatic carbocycles. The second-order valence-electron chi connectivity index (χ2n) is 4.94. The van der Waals surface area contributed by atoms with Gasteiger partial charge < -0.3 is 10.4 Å². The van der Waals surface area contributed by atoms with E-state index in [2.05, 4.69) is 5.32 Å². The van der Waals surface area contributed by atoms with Crippen molar-refractivity contribution in [3.05, 3.63) is 33.8 Å². The van der Waals surface area contributed by atoms with Gasteiger partial charge in [0.2, 0.25) is 0 Å². The van der Waals surface area contributed by atoms with E-state index in [0.717, 1.165) is 32.1 Å². The lowest BCUT2D eigenvalue weighted by atomic mass is 10.1. The van der Waals surface area contributed by atoms with E-state index < -0.39 is 6.10 Å². The summed E-state index contributed by atoms with van der Waals surface area (Å²) < 4.78 is 0. The monoisotopic (exact) mass is 301 g/mol. The molecule has 3 nitrogen and oxygen atoms in total. The van der Waals surface area contributed by atoms with Crippen LogP contribution in [0.1, 0.15) is 42.5 Å². The maximum absolute atomic E-state index is 12.1. The van der Waals surface area contributed by atoms with Crippen molar-refractivity contribution >= 4 is 29.1 Å². The van der Waals surface area contributed by atoms with Crippen LogP contribution in [0.4, 0.5) is 0 Å². The summed E-state index contributed by atoms with van der Waals surface area (Å²) in [5.74, 6) is -0.240. The van der Waals surface area contributed by atoms with Crippen molar-refractivity contribution in [2.75, 3.05) is 0 Å². The molecule has 1 fully saturated rings. The number of nitrogens with one attached hydrogen (secondary N) is 1.